The van der Waals surface area contributed by atoms with Crippen LogP contribution < -0.4 is 11.5 Å². The monoisotopic (exact) mass is 362 g/mol. The van der Waals surface area contributed by atoms with Gasteiger partial charge in [-0.05, 0) is 32.4 Å². The van der Waals surface area contributed by atoms with Crippen molar-refractivity contribution in [3.05, 3.63) is 45.4 Å². The number of benzene rings is 1. The number of primary amides is 1. The number of anilines is 1. The summed E-state index contributed by atoms with van der Waals surface area (Å²) in [7, 11) is 0. The zero-order chi connectivity index (χ0) is 18.6. The summed E-state index contributed by atoms with van der Waals surface area (Å²) in [5.41, 5.74) is 13.8. The SMILES string of the molecule is Cc1cc2c(C(N)=O)c(N)n(-c3c(C)c(F)cc(O)c3Cl)c2nc1C. The van der Waals surface area contributed by atoms with Crippen molar-refractivity contribution in [2.75, 3.05) is 5.73 Å². The van der Waals surface area contributed by atoms with E-state index in [2.05, 4.69) is 4.98 Å². The van der Waals surface area contributed by atoms with Crippen LogP contribution in [0.15, 0.2) is 12.1 Å². The average molecular weight is 363 g/mol. The summed E-state index contributed by atoms with van der Waals surface area (Å²) in [6.07, 6.45) is 0. The van der Waals surface area contributed by atoms with E-state index in [9.17, 15) is 14.3 Å². The van der Waals surface area contributed by atoms with E-state index in [1.165, 1.54) is 11.5 Å². The van der Waals surface area contributed by atoms with Crippen LogP contribution in [0, 0.1) is 26.6 Å². The Morgan fingerprint density at radius 2 is 1.96 bits per heavy atom. The van der Waals surface area contributed by atoms with Gasteiger partial charge in [0.2, 0.25) is 0 Å². The molecule has 3 aromatic rings. The Hall–Kier alpha value is -2.80. The third-order valence-corrected chi connectivity index (χ3v) is 4.68. The van der Waals surface area contributed by atoms with Crippen LogP contribution in [0.1, 0.15) is 27.2 Å². The lowest BCUT2D eigenvalue weighted by Crippen LogP contribution is -2.14. The van der Waals surface area contributed by atoms with Crippen molar-refractivity contribution in [2.24, 2.45) is 5.73 Å². The summed E-state index contributed by atoms with van der Waals surface area (Å²) in [5, 5.41) is 10.2. The summed E-state index contributed by atoms with van der Waals surface area (Å²) in [6.45, 7) is 5.13. The zero-order valence-corrected chi connectivity index (χ0v) is 14.6. The fourth-order valence-electron chi connectivity index (χ4n) is 2.85. The third-order valence-electron chi connectivity index (χ3n) is 4.30. The Morgan fingerprint density at radius 1 is 1.32 bits per heavy atom. The number of nitrogen functional groups attached to an aromatic ring is 1. The molecule has 0 aliphatic rings. The molecule has 1 aromatic carbocycles. The molecule has 0 unspecified atom stereocenters. The van der Waals surface area contributed by atoms with Crippen LogP contribution in [-0.4, -0.2) is 20.6 Å². The summed E-state index contributed by atoms with van der Waals surface area (Å²) >= 11 is 6.20. The number of pyridine rings is 1. The van der Waals surface area contributed by atoms with Gasteiger partial charge in [0.25, 0.3) is 5.91 Å². The van der Waals surface area contributed by atoms with Gasteiger partial charge in [0.1, 0.15) is 28.1 Å². The molecule has 25 heavy (non-hydrogen) atoms. The highest BCUT2D eigenvalue weighted by Gasteiger charge is 2.26. The lowest BCUT2D eigenvalue weighted by molar-refractivity contribution is 0.100. The maximum atomic E-state index is 14.2. The summed E-state index contributed by atoms with van der Waals surface area (Å²) in [4.78, 5) is 16.4. The number of rotatable bonds is 2. The fourth-order valence-corrected chi connectivity index (χ4v) is 3.13. The van der Waals surface area contributed by atoms with E-state index in [-0.39, 0.29) is 27.7 Å². The summed E-state index contributed by atoms with van der Waals surface area (Å²) in [6, 6.07) is 2.66. The molecule has 0 saturated heterocycles. The number of carbonyl (C=O) groups excluding carboxylic acids is 1. The van der Waals surface area contributed by atoms with Gasteiger partial charge in [-0.1, -0.05) is 11.6 Å². The number of fused-ring (bicyclic) bond motifs is 1. The van der Waals surface area contributed by atoms with Crippen molar-refractivity contribution in [1.82, 2.24) is 9.55 Å². The molecule has 0 spiro atoms. The average Bonchev–Trinajstić information content (AvgIpc) is 2.78. The number of aryl methyl sites for hydroxylation is 2. The molecule has 2 aromatic heterocycles. The van der Waals surface area contributed by atoms with Gasteiger partial charge >= 0.3 is 0 Å². The van der Waals surface area contributed by atoms with Crippen molar-refractivity contribution >= 4 is 34.4 Å². The molecule has 0 aliphatic carbocycles. The van der Waals surface area contributed by atoms with Crippen molar-refractivity contribution in [3.8, 4) is 11.4 Å². The van der Waals surface area contributed by atoms with Gasteiger partial charge in [-0.2, -0.15) is 0 Å². The molecule has 3 rings (SSSR count). The number of halogens is 2. The fraction of sp³-hybridized carbons (Fsp3) is 0.176. The quantitative estimate of drug-likeness (QED) is 0.650. The van der Waals surface area contributed by atoms with Gasteiger partial charge in [0, 0.05) is 22.7 Å². The van der Waals surface area contributed by atoms with E-state index < -0.39 is 17.5 Å². The lowest BCUT2D eigenvalue weighted by atomic mass is 10.1. The molecule has 0 bridgehead atoms. The van der Waals surface area contributed by atoms with Gasteiger partial charge < -0.3 is 16.6 Å². The highest BCUT2D eigenvalue weighted by molar-refractivity contribution is 6.34. The highest BCUT2D eigenvalue weighted by Crippen LogP contribution is 2.39. The van der Waals surface area contributed by atoms with Gasteiger partial charge in [0.15, 0.2) is 0 Å². The molecular formula is C17H16ClFN4O2. The molecule has 0 radical (unpaired) electrons. The number of hydrogen-bond acceptors (Lipinski definition) is 4. The Bertz CT molecular complexity index is 1030. The standard InChI is InChI=1S/C17H16ClFN4O2/c1-6-4-9-12(16(21)25)15(20)23(17(9)22-8(6)3)14-7(2)10(19)5-11(24)13(14)18/h4-5,24H,20H2,1-3H3,(H2,21,25). The van der Waals surface area contributed by atoms with Gasteiger partial charge in [-0.15, -0.1) is 0 Å². The number of nitrogens with zero attached hydrogens (tertiary/aromatic N) is 2. The molecule has 130 valence electrons. The number of aromatic hydroxyl groups is 1. The van der Waals surface area contributed by atoms with E-state index in [0.717, 1.165) is 11.6 Å². The Labute approximate surface area is 147 Å². The van der Waals surface area contributed by atoms with Crippen LogP contribution in [0.2, 0.25) is 5.02 Å². The third kappa shape index (κ3) is 2.39. The molecule has 0 saturated carbocycles. The molecule has 8 heteroatoms. The van der Waals surface area contributed by atoms with Crippen LogP contribution in [0.3, 0.4) is 0 Å². The molecule has 0 aliphatic heterocycles. The van der Waals surface area contributed by atoms with Crippen molar-refractivity contribution in [1.29, 1.82) is 0 Å². The number of amides is 1. The largest absolute Gasteiger partial charge is 0.506 e. The van der Waals surface area contributed by atoms with E-state index in [4.69, 9.17) is 23.1 Å². The Morgan fingerprint density at radius 3 is 2.56 bits per heavy atom. The molecule has 2 heterocycles. The minimum absolute atomic E-state index is 0.0185. The van der Waals surface area contributed by atoms with Gasteiger partial charge in [0.05, 0.1) is 11.3 Å². The minimum atomic E-state index is -0.735. The molecule has 5 N–H and O–H groups in total. The van der Waals surface area contributed by atoms with Crippen molar-refractivity contribution < 1.29 is 14.3 Å². The second kappa shape index (κ2) is 5.63. The van der Waals surface area contributed by atoms with E-state index in [0.29, 0.717) is 16.7 Å². The molecule has 1 amide bonds. The maximum Gasteiger partial charge on any atom is 0.253 e. The zero-order valence-electron chi connectivity index (χ0n) is 13.8. The summed E-state index contributed by atoms with van der Waals surface area (Å²) in [5.74, 6) is -1.86. The van der Waals surface area contributed by atoms with Gasteiger partial charge in [-0.25, -0.2) is 9.37 Å². The van der Waals surface area contributed by atoms with Crippen LogP contribution in [0.4, 0.5) is 10.2 Å². The first-order valence-corrected chi connectivity index (χ1v) is 7.78. The van der Waals surface area contributed by atoms with Crippen LogP contribution in [0.5, 0.6) is 5.75 Å². The van der Waals surface area contributed by atoms with E-state index >= 15 is 0 Å². The normalized spacial score (nSPS) is 11.2. The van der Waals surface area contributed by atoms with Crippen LogP contribution in [0.25, 0.3) is 16.7 Å². The Balaban J connectivity index is 2.57. The van der Waals surface area contributed by atoms with Gasteiger partial charge in [-0.3, -0.25) is 9.36 Å². The maximum absolute atomic E-state index is 14.2. The lowest BCUT2D eigenvalue weighted by Gasteiger charge is -2.15. The van der Waals surface area contributed by atoms with E-state index in [1.54, 1.807) is 13.0 Å². The number of carbonyl (C=O) groups is 1. The first-order valence-electron chi connectivity index (χ1n) is 7.41. The van der Waals surface area contributed by atoms with E-state index in [1.807, 2.05) is 6.92 Å². The topological polar surface area (TPSA) is 107 Å². The predicted octanol–water partition coefficient (Wildman–Crippen LogP) is 3.13. The second-order valence-electron chi connectivity index (χ2n) is 5.89. The number of nitrogens with two attached hydrogens (primary N) is 2. The number of hydrogen-bond donors (Lipinski definition) is 3. The first-order chi connectivity index (χ1) is 11.6. The number of aromatic nitrogens is 2. The molecule has 0 atom stereocenters. The van der Waals surface area contributed by atoms with Crippen molar-refractivity contribution in [2.45, 2.75) is 20.8 Å². The molecule has 0 fully saturated rings. The van der Waals surface area contributed by atoms with Crippen LogP contribution in [-0.2, 0) is 0 Å². The molecule has 6 nitrogen and oxygen atoms in total. The predicted molar refractivity (Wildman–Crippen MR) is 94.8 cm³/mol. The minimum Gasteiger partial charge on any atom is -0.506 e. The molecular weight excluding hydrogens is 347 g/mol. The van der Waals surface area contributed by atoms with Crippen LogP contribution >= 0.6 is 11.6 Å². The first kappa shape index (κ1) is 17.0. The second-order valence-corrected chi connectivity index (χ2v) is 6.26. The highest BCUT2D eigenvalue weighted by atomic mass is 35.5. The van der Waals surface area contributed by atoms with Crippen molar-refractivity contribution in [3.63, 3.8) is 0 Å². The number of phenols is 1. The Kier molecular flexibility index (Phi) is 3.84. The summed E-state index contributed by atoms with van der Waals surface area (Å²) < 4.78 is 15.5. The number of phenolic OH excluding ortho intramolecular Hbond substituents is 1. The smallest absolute Gasteiger partial charge is 0.253 e.